The molecule has 3 heterocycles. The quantitative estimate of drug-likeness (QED) is 0.393. The molecule has 2 aromatic carbocycles. The number of pyridine rings is 1. The van der Waals surface area contributed by atoms with E-state index in [4.69, 9.17) is 9.15 Å². The first-order valence-electron chi connectivity index (χ1n) is 10.5. The van der Waals surface area contributed by atoms with Gasteiger partial charge in [0.2, 0.25) is 0 Å². The predicted molar refractivity (Wildman–Crippen MR) is 119 cm³/mol. The SMILES string of the molecule is COC(=O)CC(c1cc2cccc3c2n(c1=O)CCC3)c1c(O)ccc2ccc(=O)oc12. The lowest BCUT2D eigenvalue weighted by atomic mass is 9.86. The number of para-hydroxylation sites is 1. The third-order valence-corrected chi connectivity index (χ3v) is 6.18. The number of fused-ring (bicyclic) bond motifs is 1. The van der Waals surface area contributed by atoms with E-state index in [1.165, 1.54) is 19.2 Å². The Hall–Kier alpha value is -3.87. The number of aromatic nitrogens is 1. The van der Waals surface area contributed by atoms with Crippen molar-refractivity contribution >= 4 is 27.8 Å². The van der Waals surface area contributed by atoms with E-state index in [0.29, 0.717) is 17.5 Å². The van der Waals surface area contributed by atoms with Gasteiger partial charge in [-0.05, 0) is 48.1 Å². The summed E-state index contributed by atoms with van der Waals surface area (Å²) in [6.07, 6.45) is 1.55. The van der Waals surface area contributed by atoms with Gasteiger partial charge >= 0.3 is 11.6 Å². The number of phenols is 1. The number of phenolic OH excluding ortho intramolecular Hbond substituents is 1. The normalized spacial score (nSPS) is 13.9. The van der Waals surface area contributed by atoms with E-state index in [2.05, 4.69) is 0 Å². The first-order chi connectivity index (χ1) is 15.5. The molecular weight excluding hydrogens is 410 g/mol. The average molecular weight is 431 g/mol. The van der Waals surface area contributed by atoms with Crippen molar-refractivity contribution in [3.05, 3.63) is 86.0 Å². The van der Waals surface area contributed by atoms with Crippen LogP contribution in [-0.4, -0.2) is 22.8 Å². The molecule has 0 radical (unpaired) electrons. The second kappa shape index (κ2) is 7.67. The molecule has 0 amide bonds. The Morgan fingerprint density at radius 1 is 1.16 bits per heavy atom. The Kier molecular flexibility index (Phi) is 4.81. The van der Waals surface area contributed by atoms with E-state index in [-0.39, 0.29) is 28.9 Å². The molecule has 1 atom stereocenters. The number of aryl methyl sites for hydroxylation is 2. The van der Waals surface area contributed by atoms with Gasteiger partial charge in [0.15, 0.2) is 0 Å². The molecule has 2 aromatic heterocycles. The summed E-state index contributed by atoms with van der Waals surface area (Å²) in [4.78, 5) is 38.0. The first-order valence-corrected chi connectivity index (χ1v) is 10.5. The first kappa shape index (κ1) is 20.1. The highest BCUT2D eigenvalue weighted by Crippen LogP contribution is 2.39. The second-order valence-electron chi connectivity index (χ2n) is 8.02. The molecule has 32 heavy (non-hydrogen) atoms. The van der Waals surface area contributed by atoms with Gasteiger partial charge < -0.3 is 18.8 Å². The molecule has 0 saturated heterocycles. The number of ether oxygens (including phenoxy) is 1. The van der Waals surface area contributed by atoms with Crippen LogP contribution in [0.15, 0.2) is 62.5 Å². The zero-order valence-corrected chi connectivity index (χ0v) is 17.5. The van der Waals surface area contributed by atoms with Crippen LogP contribution in [0.3, 0.4) is 0 Å². The Morgan fingerprint density at radius 3 is 2.78 bits per heavy atom. The summed E-state index contributed by atoms with van der Waals surface area (Å²) in [5.41, 5.74) is 1.92. The summed E-state index contributed by atoms with van der Waals surface area (Å²) in [7, 11) is 1.27. The van der Waals surface area contributed by atoms with Crippen LogP contribution in [0.1, 0.15) is 35.4 Å². The van der Waals surface area contributed by atoms with Gasteiger partial charge in [0, 0.05) is 35.0 Å². The van der Waals surface area contributed by atoms with Crippen LogP contribution in [0.25, 0.3) is 21.9 Å². The van der Waals surface area contributed by atoms with Gasteiger partial charge in [-0.2, -0.15) is 0 Å². The summed E-state index contributed by atoms with van der Waals surface area (Å²) >= 11 is 0. The van der Waals surface area contributed by atoms with E-state index in [1.54, 1.807) is 22.8 Å². The highest BCUT2D eigenvalue weighted by Gasteiger charge is 2.29. The van der Waals surface area contributed by atoms with Crippen molar-refractivity contribution in [2.75, 3.05) is 7.11 Å². The van der Waals surface area contributed by atoms with Crippen LogP contribution in [0.4, 0.5) is 0 Å². The van der Waals surface area contributed by atoms with Gasteiger partial charge in [0.25, 0.3) is 5.56 Å². The van der Waals surface area contributed by atoms with Crippen LogP contribution in [0, 0.1) is 0 Å². The number of esters is 1. The molecule has 0 saturated carbocycles. The molecule has 4 aromatic rings. The number of methoxy groups -OCH3 is 1. The van der Waals surface area contributed by atoms with Gasteiger partial charge in [-0.15, -0.1) is 0 Å². The summed E-state index contributed by atoms with van der Waals surface area (Å²) in [5.74, 6) is -1.56. The maximum atomic E-state index is 13.6. The highest BCUT2D eigenvalue weighted by molar-refractivity contribution is 5.86. The zero-order chi connectivity index (χ0) is 22.4. The fourth-order valence-electron chi connectivity index (χ4n) is 4.73. The molecule has 0 spiro atoms. The monoisotopic (exact) mass is 431 g/mol. The van der Waals surface area contributed by atoms with Crippen molar-refractivity contribution in [1.29, 1.82) is 0 Å². The highest BCUT2D eigenvalue weighted by atomic mass is 16.5. The van der Waals surface area contributed by atoms with Gasteiger partial charge in [-0.25, -0.2) is 4.79 Å². The number of hydrogen-bond donors (Lipinski definition) is 1. The van der Waals surface area contributed by atoms with Gasteiger partial charge in [0.05, 0.1) is 19.0 Å². The third-order valence-electron chi connectivity index (χ3n) is 6.18. The van der Waals surface area contributed by atoms with Crippen molar-refractivity contribution in [1.82, 2.24) is 4.57 Å². The van der Waals surface area contributed by atoms with Crippen LogP contribution in [-0.2, 0) is 22.5 Å². The Morgan fingerprint density at radius 2 is 1.97 bits per heavy atom. The minimum absolute atomic E-state index is 0.151. The van der Waals surface area contributed by atoms with Crippen molar-refractivity contribution in [2.24, 2.45) is 0 Å². The van der Waals surface area contributed by atoms with E-state index in [9.17, 15) is 19.5 Å². The average Bonchev–Trinajstić information content (AvgIpc) is 2.80. The third kappa shape index (κ3) is 3.17. The molecule has 1 aliphatic rings. The largest absolute Gasteiger partial charge is 0.508 e. The van der Waals surface area contributed by atoms with Crippen molar-refractivity contribution < 1.29 is 19.1 Å². The van der Waals surface area contributed by atoms with Crippen LogP contribution in [0.5, 0.6) is 5.75 Å². The smallest absolute Gasteiger partial charge is 0.336 e. The molecule has 0 fully saturated rings. The van der Waals surface area contributed by atoms with Crippen LogP contribution < -0.4 is 11.2 Å². The molecule has 1 unspecified atom stereocenters. The number of benzene rings is 2. The van der Waals surface area contributed by atoms with Gasteiger partial charge in [0.1, 0.15) is 11.3 Å². The topological polar surface area (TPSA) is 98.7 Å². The van der Waals surface area contributed by atoms with Crippen molar-refractivity contribution in [3.8, 4) is 5.75 Å². The number of hydrogen-bond acceptors (Lipinski definition) is 6. The molecule has 1 N–H and O–H groups in total. The van der Waals surface area contributed by atoms with E-state index >= 15 is 0 Å². The summed E-state index contributed by atoms with van der Waals surface area (Å²) in [6.45, 7) is 0.571. The van der Waals surface area contributed by atoms with E-state index in [1.807, 2.05) is 18.2 Å². The molecule has 0 aliphatic carbocycles. The van der Waals surface area contributed by atoms with Crippen LogP contribution in [0.2, 0.25) is 0 Å². The number of aromatic hydroxyl groups is 1. The summed E-state index contributed by atoms with van der Waals surface area (Å²) in [5, 5.41) is 12.2. The number of nitrogens with zero attached hydrogens (tertiary/aromatic N) is 1. The zero-order valence-electron chi connectivity index (χ0n) is 17.5. The Balaban J connectivity index is 1.84. The molecule has 0 bridgehead atoms. The standard InChI is InChI=1S/C25H21NO6/c1-31-21(29)13-17(22-19(27)9-7-15-8-10-20(28)32-24(15)22)18-12-16-5-2-4-14-6-3-11-26(23(14)16)25(18)30/h2,4-5,7-10,12,17,27H,3,6,11,13H2,1H3. The van der Waals surface area contributed by atoms with Gasteiger partial charge in [-0.3, -0.25) is 9.59 Å². The molecule has 7 heteroatoms. The maximum absolute atomic E-state index is 13.6. The lowest BCUT2D eigenvalue weighted by Gasteiger charge is -2.24. The number of rotatable bonds is 4. The van der Waals surface area contributed by atoms with Crippen molar-refractivity contribution in [3.63, 3.8) is 0 Å². The fraction of sp³-hybridized carbons (Fsp3) is 0.240. The summed E-state index contributed by atoms with van der Waals surface area (Å²) in [6, 6.07) is 13.6. The minimum Gasteiger partial charge on any atom is -0.508 e. The molecule has 162 valence electrons. The second-order valence-corrected chi connectivity index (χ2v) is 8.02. The molecule has 1 aliphatic heterocycles. The van der Waals surface area contributed by atoms with E-state index in [0.717, 1.165) is 29.3 Å². The predicted octanol–water partition coefficient (Wildman–Crippen LogP) is 3.45. The maximum Gasteiger partial charge on any atom is 0.336 e. The minimum atomic E-state index is -0.858. The number of carbonyl (C=O) groups is 1. The Bertz CT molecular complexity index is 1500. The molecule has 7 nitrogen and oxygen atoms in total. The molecular formula is C25H21NO6. The Labute approximate surface area is 182 Å². The lowest BCUT2D eigenvalue weighted by molar-refractivity contribution is -0.140. The fourth-order valence-corrected chi connectivity index (χ4v) is 4.73. The lowest BCUT2D eigenvalue weighted by Crippen LogP contribution is -2.29. The molecule has 5 rings (SSSR count). The summed E-state index contributed by atoms with van der Waals surface area (Å²) < 4.78 is 12.1. The van der Waals surface area contributed by atoms with Gasteiger partial charge in [-0.1, -0.05) is 18.2 Å². The van der Waals surface area contributed by atoms with Crippen LogP contribution >= 0.6 is 0 Å². The number of carbonyl (C=O) groups excluding carboxylic acids is 1. The van der Waals surface area contributed by atoms with E-state index < -0.39 is 17.5 Å². The van der Waals surface area contributed by atoms with Crippen molar-refractivity contribution in [2.45, 2.75) is 31.7 Å².